The molecular formula is C94H63BN4O2. The highest BCUT2D eigenvalue weighted by atomic mass is 16.3. The summed E-state index contributed by atoms with van der Waals surface area (Å²) < 4.78 is 169. The van der Waals surface area contributed by atoms with E-state index in [0.29, 0.717) is 67.4 Å². The van der Waals surface area contributed by atoms with Gasteiger partial charge in [-0.25, -0.2) is 0 Å². The molecule has 6 heterocycles. The zero-order valence-corrected chi connectivity index (χ0v) is 54.6. The quantitative estimate of drug-likeness (QED) is 0.142. The van der Waals surface area contributed by atoms with Crippen LogP contribution in [0.15, 0.2) is 336 Å². The van der Waals surface area contributed by atoms with Crippen LogP contribution in [0.3, 0.4) is 0 Å². The highest BCUT2D eigenvalue weighted by Crippen LogP contribution is 2.57. The van der Waals surface area contributed by atoms with Crippen LogP contribution in [0.1, 0.15) is 48.3 Å². The normalized spacial score (nSPS) is 15.1. The van der Waals surface area contributed by atoms with Crippen molar-refractivity contribution in [3.8, 4) is 55.9 Å². The Labute approximate surface area is 606 Å². The van der Waals surface area contributed by atoms with E-state index in [2.05, 4.69) is 116 Å². The zero-order valence-electron chi connectivity index (χ0n) is 70.6. The van der Waals surface area contributed by atoms with Crippen LogP contribution in [0.2, 0.25) is 0 Å². The molecule has 21 rings (SSSR count). The molecule has 0 bridgehead atoms. The van der Waals surface area contributed by atoms with Gasteiger partial charge in [0.2, 0.25) is 0 Å². The van der Waals surface area contributed by atoms with Crippen LogP contribution >= 0.6 is 0 Å². The summed E-state index contributed by atoms with van der Waals surface area (Å²) in [5.41, 5.74) is 15.5. The van der Waals surface area contributed by atoms with Crippen molar-refractivity contribution >= 4 is 145 Å². The van der Waals surface area contributed by atoms with Crippen LogP contribution in [0.4, 0.5) is 34.1 Å². The summed E-state index contributed by atoms with van der Waals surface area (Å²) in [5, 5.41) is 2.70. The van der Waals surface area contributed by atoms with E-state index in [1.807, 2.05) is 146 Å². The Balaban J connectivity index is 0.991. The Hall–Kier alpha value is -12.8. The average Bonchev–Trinajstić information content (AvgIpc) is 1.27. The van der Waals surface area contributed by atoms with Crippen molar-refractivity contribution in [2.75, 3.05) is 9.80 Å². The van der Waals surface area contributed by atoms with E-state index in [1.54, 1.807) is 9.13 Å². The van der Waals surface area contributed by atoms with E-state index in [4.69, 9.17) is 14.3 Å². The molecule has 6 nitrogen and oxygen atoms in total. The first-order valence-electron chi connectivity index (χ1n) is 41.7. The van der Waals surface area contributed by atoms with E-state index in [0.717, 1.165) is 77.1 Å². The van der Waals surface area contributed by atoms with Crippen LogP contribution in [-0.2, 0) is 5.41 Å². The summed E-state index contributed by atoms with van der Waals surface area (Å²) in [6.45, 7) is 5.66. The minimum absolute atomic E-state index is 0.0695. The maximum Gasteiger partial charge on any atom is 0.252 e. The fraction of sp³-hybridized carbons (Fsp3) is 0.0426. The molecule has 19 aromatic rings. The Bertz CT molecular complexity index is 7060. The topological polar surface area (TPSA) is 42.6 Å². The lowest BCUT2D eigenvalue weighted by Crippen LogP contribution is -2.61. The van der Waals surface area contributed by atoms with Crippen LogP contribution in [0.25, 0.3) is 143 Å². The molecule has 101 heavy (non-hydrogen) atoms. The van der Waals surface area contributed by atoms with Gasteiger partial charge in [-0.1, -0.05) is 263 Å². The SMILES string of the molecule is [2H]c1c([2H])c([2H])c2c(c1[2H])c1c([2H])c([2H])c([2H])c([2H])c1n2-c1ccc2c(c1)N(c1c(-c3ccccc3)cc(-c3ccccc3)c3oc4ccccc4c13)c1cc(C(C)(C)C)cc3c1B2c1ccc(-n2c4c([2H])c([2H])c([2H])c([2H])c4c4c([2H])c([2H])c([2H])c([2H])c42)cc1N3c1c(-c2ccccc2)cc(-c2ccccc2)c2oc3ccccc3c12. The van der Waals surface area contributed by atoms with Gasteiger partial charge in [0.05, 0.1) is 66.1 Å². The lowest BCUT2D eigenvalue weighted by molar-refractivity contribution is 0.590. The number of para-hydroxylation sites is 6. The van der Waals surface area contributed by atoms with Crippen molar-refractivity contribution in [2.24, 2.45) is 0 Å². The van der Waals surface area contributed by atoms with Gasteiger partial charge >= 0.3 is 0 Å². The number of rotatable bonds is 8. The Morgan fingerprint density at radius 1 is 0.327 bits per heavy atom. The summed E-state index contributed by atoms with van der Waals surface area (Å²) in [7, 11) is 0. The second kappa shape index (κ2) is 21.8. The predicted molar refractivity (Wildman–Crippen MR) is 424 cm³/mol. The Kier molecular flexibility index (Phi) is 9.39. The van der Waals surface area contributed by atoms with E-state index in [-0.39, 0.29) is 55.0 Å². The van der Waals surface area contributed by atoms with Crippen LogP contribution in [-0.4, -0.2) is 15.8 Å². The van der Waals surface area contributed by atoms with Crippen molar-refractivity contribution in [3.63, 3.8) is 0 Å². The number of nitrogens with zero attached hydrogens (tertiary/aromatic N) is 4. The fourth-order valence-corrected chi connectivity index (χ4v) is 16.1. The lowest BCUT2D eigenvalue weighted by atomic mass is 9.33. The number of anilines is 6. The van der Waals surface area contributed by atoms with Crippen molar-refractivity contribution < 1.29 is 30.8 Å². The number of hydrogen-bond donors (Lipinski definition) is 0. The summed E-state index contributed by atoms with van der Waals surface area (Å²) in [6.07, 6.45) is 0. The smallest absolute Gasteiger partial charge is 0.252 e. The van der Waals surface area contributed by atoms with Crippen molar-refractivity contribution in [1.82, 2.24) is 9.13 Å². The first-order chi connectivity index (χ1) is 56.4. The third-order valence-corrected chi connectivity index (χ3v) is 20.5. The summed E-state index contributed by atoms with van der Waals surface area (Å²) in [5.74, 6) is 0. The first kappa shape index (κ1) is 43.4. The lowest BCUT2D eigenvalue weighted by Gasteiger charge is -2.46. The van der Waals surface area contributed by atoms with Crippen LogP contribution in [0, 0.1) is 0 Å². The molecule has 0 atom stereocenters. The molecule has 7 heteroatoms. The van der Waals surface area contributed by atoms with Crippen molar-refractivity contribution in [3.05, 3.63) is 333 Å². The van der Waals surface area contributed by atoms with Gasteiger partial charge in [-0.2, -0.15) is 0 Å². The van der Waals surface area contributed by atoms with E-state index in [9.17, 15) is 16.4 Å². The predicted octanol–water partition coefficient (Wildman–Crippen LogP) is 23.7. The molecule has 0 aliphatic carbocycles. The molecular weight excluding hydrogens is 1230 g/mol. The van der Waals surface area contributed by atoms with Gasteiger partial charge in [-0.3, -0.25) is 0 Å². The fourth-order valence-electron chi connectivity index (χ4n) is 16.1. The van der Waals surface area contributed by atoms with Gasteiger partial charge in [-0.05, 0) is 134 Å². The largest absolute Gasteiger partial charge is 0.455 e. The average molecular weight is 1310 g/mol. The monoisotopic (exact) mass is 1310 g/mol. The number of fused-ring (bicyclic) bond motifs is 16. The summed E-state index contributed by atoms with van der Waals surface area (Å²) >= 11 is 0. The molecule has 4 aromatic heterocycles. The van der Waals surface area contributed by atoms with Crippen LogP contribution in [0.5, 0.6) is 0 Å². The Morgan fingerprint density at radius 3 is 1.03 bits per heavy atom. The molecule has 0 fully saturated rings. The second-order valence-electron chi connectivity index (χ2n) is 27.0. The van der Waals surface area contributed by atoms with Gasteiger partial charge in [0, 0.05) is 88.7 Å². The van der Waals surface area contributed by atoms with E-state index in [1.165, 1.54) is 0 Å². The van der Waals surface area contributed by atoms with Gasteiger partial charge in [0.25, 0.3) is 6.71 Å². The zero-order chi connectivity index (χ0) is 80.7. The molecule has 0 saturated heterocycles. The molecule has 0 unspecified atom stereocenters. The summed E-state index contributed by atoms with van der Waals surface area (Å²) in [4.78, 5) is 4.58. The molecule has 0 radical (unpaired) electrons. The van der Waals surface area contributed by atoms with Crippen molar-refractivity contribution in [2.45, 2.75) is 26.2 Å². The van der Waals surface area contributed by atoms with Gasteiger partial charge < -0.3 is 27.8 Å². The minimum atomic E-state index is -0.814. The molecule has 0 N–H and O–H groups in total. The molecule has 0 saturated carbocycles. The molecule has 0 spiro atoms. The minimum Gasteiger partial charge on any atom is -0.455 e. The highest BCUT2D eigenvalue weighted by molar-refractivity contribution is 7.00. The summed E-state index contributed by atoms with van der Waals surface area (Å²) in [6, 6.07) is 68.5. The Morgan fingerprint density at radius 2 is 0.663 bits per heavy atom. The number of aromatic nitrogens is 2. The third kappa shape index (κ3) is 8.47. The van der Waals surface area contributed by atoms with Crippen LogP contribution < -0.4 is 26.2 Å². The second-order valence-corrected chi connectivity index (χ2v) is 27.0. The molecule has 474 valence electrons. The van der Waals surface area contributed by atoms with Gasteiger partial charge in [0.15, 0.2) is 0 Å². The number of benzene rings is 15. The molecule has 2 aliphatic rings. The van der Waals surface area contributed by atoms with E-state index < -0.39 is 109 Å². The number of furan rings is 2. The van der Waals surface area contributed by atoms with Crippen molar-refractivity contribution in [1.29, 1.82) is 0 Å². The first-order valence-corrected chi connectivity index (χ1v) is 33.7. The third-order valence-electron chi connectivity index (χ3n) is 20.5. The molecule has 0 amide bonds. The maximum atomic E-state index is 9.88. The van der Waals surface area contributed by atoms with Gasteiger partial charge in [-0.15, -0.1) is 0 Å². The molecule has 2 aliphatic heterocycles. The number of hydrogen-bond acceptors (Lipinski definition) is 4. The highest BCUT2D eigenvalue weighted by Gasteiger charge is 2.47. The van der Waals surface area contributed by atoms with E-state index >= 15 is 0 Å². The maximum absolute atomic E-state index is 9.88. The standard InChI is InChI=1S/C94H63BN4O2/c1-94(2,3)62-52-83-89-84(53-62)99(91-72(59-30-10-5-11-31-59)57-74(61-34-14-7-15-35-61)93-88(91)70-41-21-27-47-86(70)101-93)82-55-64(97-79-44-24-18-38-67(79)68-39-19-25-45-80(68)97)49-51-76(82)95(89)75-50-48-63(96-77-42-22-16-36-65(77)66-37-17-23-43-78(66)96)54-81(75)98(83)90-71(58-28-8-4-9-29-58)56-73(60-32-12-6-13-33-60)92-87(90)69-40-20-26-46-85(69)100-92/h4-57H,1-3H3/i16D,17D,18D,19D,22D,23D,24D,25D,36D,37D,38D,39D,42D,43D,44D,45D. The van der Waals surface area contributed by atoms with Gasteiger partial charge in [0.1, 0.15) is 22.3 Å². The molecule has 15 aromatic carbocycles.